The molecule has 6 heteroatoms. The van der Waals surface area contributed by atoms with Gasteiger partial charge in [-0.3, -0.25) is 4.57 Å². The minimum atomic E-state index is -2.88. The van der Waals surface area contributed by atoms with E-state index in [-0.39, 0.29) is 6.07 Å². The predicted molar refractivity (Wildman–Crippen MR) is 57.0 cm³/mol. The van der Waals surface area contributed by atoms with Gasteiger partial charge < -0.3 is 13.8 Å². The molecule has 0 N–H and O–H groups in total. The summed E-state index contributed by atoms with van der Waals surface area (Å²) >= 11 is 5.32. The largest absolute Gasteiger partial charge is 0.366 e. The van der Waals surface area contributed by atoms with Gasteiger partial charge in [0.15, 0.2) is 0 Å². The van der Waals surface area contributed by atoms with Gasteiger partial charge in [-0.15, -0.1) is 0 Å². The van der Waals surface area contributed by atoms with Gasteiger partial charge in [-0.25, -0.2) is 0 Å². The molecule has 0 aliphatic heterocycles. The average molecular weight is 245 g/mol. The summed E-state index contributed by atoms with van der Waals surface area (Å²) in [6.45, 7) is 4.86. The third-order valence-corrected chi connectivity index (χ3v) is 3.77. The van der Waals surface area contributed by atoms with Crippen molar-refractivity contribution >= 4 is 19.2 Å². The van der Waals surface area contributed by atoms with E-state index in [0.29, 0.717) is 32.4 Å². The zero-order valence-electron chi connectivity index (χ0n) is 8.70. The lowest BCUT2D eigenvalue weighted by Crippen LogP contribution is -2.03. The lowest BCUT2D eigenvalue weighted by Gasteiger charge is -2.16. The molecule has 0 aromatic rings. The van der Waals surface area contributed by atoms with Crippen LogP contribution in [0.4, 0.5) is 0 Å². The summed E-state index contributed by atoms with van der Waals surface area (Å²) in [6, 6.07) is 0.160. The van der Waals surface area contributed by atoms with Crippen molar-refractivity contribution in [2.24, 2.45) is 0 Å². The van der Waals surface area contributed by atoms with Gasteiger partial charge in [0, 0.05) is 6.61 Å². The van der Waals surface area contributed by atoms with Crippen LogP contribution in [0.1, 0.15) is 20.3 Å². The second-order valence-corrected chi connectivity index (χ2v) is 4.94. The molecule has 0 aromatic carbocycles. The molecular weight excluding hydrogens is 227 g/mol. The molecule has 0 fully saturated rings. The van der Waals surface area contributed by atoms with Crippen LogP contribution in [-0.2, 0) is 18.3 Å². The Hall–Kier alpha value is 0.400. The third-order valence-electron chi connectivity index (χ3n) is 1.45. The molecule has 0 saturated heterocycles. The van der Waals surface area contributed by atoms with Crippen LogP contribution in [0.15, 0.2) is 0 Å². The molecule has 14 heavy (non-hydrogen) atoms. The summed E-state index contributed by atoms with van der Waals surface area (Å²) in [5.41, 5.74) is 0. The van der Waals surface area contributed by atoms with Gasteiger partial charge in [0.1, 0.15) is 6.07 Å². The molecule has 0 saturated carbocycles. The van der Waals surface area contributed by atoms with E-state index in [1.807, 2.05) is 0 Å². The van der Waals surface area contributed by atoms with Crippen molar-refractivity contribution in [3.63, 3.8) is 0 Å². The highest BCUT2D eigenvalue weighted by molar-refractivity contribution is 7.53. The number of alkyl halides is 1. The second kappa shape index (κ2) is 8.69. The quantitative estimate of drug-likeness (QED) is 0.355. The summed E-state index contributed by atoms with van der Waals surface area (Å²) in [6.07, 6.45) is 1.01. The summed E-state index contributed by atoms with van der Waals surface area (Å²) in [4.78, 5) is 0. The Morgan fingerprint density at radius 2 is 1.79 bits per heavy atom. The molecule has 0 aliphatic rings. The van der Waals surface area contributed by atoms with Crippen molar-refractivity contribution < 1.29 is 18.3 Å². The van der Waals surface area contributed by atoms with Crippen LogP contribution >= 0.6 is 19.2 Å². The van der Waals surface area contributed by atoms with E-state index in [9.17, 15) is 4.57 Å². The van der Waals surface area contributed by atoms with Crippen LogP contribution in [0.3, 0.4) is 0 Å². The van der Waals surface area contributed by atoms with E-state index in [1.165, 1.54) is 0 Å². The smallest absolute Gasteiger partial charge is 0.330 e. The first-order chi connectivity index (χ1) is 6.68. The van der Waals surface area contributed by atoms with Crippen molar-refractivity contribution in [2.75, 3.05) is 32.0 Å². The van der Waals surface area contributed by atoms with E-state index >= 15 is 0 Å². The second-order valence-electron chi connectivity index (χ2n) is 2.54. The molecule has 0 radical (unpaired) electrons. The van der Waals surface area contributed by atoms with E-state index in [4.69, 9.17) is 25.4 Å². The first-order valence-electron chi connectivity index (χ1n) is 4.70. The highest BCUT2D eigenvalue weighted by atomic mass is 35.5. The van der Waals surface area contributed by atoms with Gasteiger partial charge in [0.05, 0.1) is 19.4 Å². The van der Waals surface area contributed by atoms with Crippen LogP contribution in [-0.4, -0.2) is 32.0 Å². The van der Waals surface area contributed by atoms with Crippen molar-refractivity contribution in [2.45, 2.75) is 20.3 Å². The summed E-state index contributed by atoms with van der Waals surface area (Å²) in [7, 11) is -2.88. The van der Waals surface area contributed by atoms with Crippen LogP contribution in [0.2, 0.25) is 0 Å². The highest BCUT2D eigenvalue weighted by Crippen LogP contribution is 2.48. The molecule has 0 aromatic heterocycles. The molecule has 0 atom stereocenters. The summed E-state index contributed by atoms with van der Waals surface area (Å²) in [5.74, 6) is 0. The lowest BCUT2D eigenvalue weighted by atomic mass is 10.5. The number of hydrogen-bond acceptors (Lipinski definition) is 4. The van der Waals surface area contributed by atoms with E-state index in [1.54, 1.807) is 13.8 Å². The van der Waals surface area contributed by atoms with Crippen molar-refractivity contribution in [1.82, 2.24) is 0 Å². The number of rotatable bonds is 9. The highest BCUT2D eigenvalue weighted by Gasteiger charge is 2.22. The molecule has 0 aliphatic carbocycles. The Morgan fingerprint density at radius 3 is 2.21 bits per heavy atom. The fourth-order valence-corrected chi connectivity index (χ4v) is 2.72. The van der Waals surface area contributed by atoms with E-state index in [2.05, 4.69) is 0 Å². The zero-order valence-corrected chi connectivity index (χ0v) is 10.4. The van der Waals surface area contributed by atoms with Crippen LogP contribution < -0.4 is 0 Å². The Labute approximate surface area is 90.4 Å². The Bertz CT molecular complexity index is 167. The molecular formula is C8H18ClO4P. The van der Waals surface area contributed by atoms with Gasteiger partial charge in [-0.2, -0.15) is 0 Å². The Kier molecular flexibility index (Phi) is 8.94. The third kappa shape index (κ3) is 6.80. The van der Waals surface area contributed by atoms with Crippen LogP contribution in [0.25, 0.3) is 0 Å². The maximum atomic E-state index is 11.8. The van der Waals surface area contributed by atoms with E-state index < -0.39 is 7.60 Å². The molecule has 0 heterocycles. The van der Waals surface area contributed by atoms with E-state index in [0.717, 1.165) is 0 Å². The first kappa shape index (κ1) is 14.4. The van der Waals surface area contributed by atoms with Crippen molar-refractivity contribution in [3.05, 3.63) is 0 Å². The Morgan fingerprint density at radius 1 is 1.21 bits per heavy atom. The summed E-state index contributed by atoms with van der Waals surface area (Å²) < 4.78 is 27.0. The van der Waals surface area contributed by atoms with Crippen LogP contribution in [0.5, 0.6) is 0 Å². The van der Waals surface area contributed by atoms with Gasteiger partial charge in [-0.05, 0) is 20.3 Å². The number of hydrogen-bond donors (Lipinski definition) is 0. The number of halogens is 1. The topological polar surface area (TPSA) is 44.8 Å². The molecule has 0 spiro atoms. The Balaban J connectivity index is 3.78. The normalized spacial score (nSPS) is 11.9. The SMILES string of the molecule is CCOP(=O)(CCCOCCl)OCC. The van der Waals surface area contributed by atoms with Gasteiger partial charge >= 0.3 is 7.60 Å². The monoisotopic (exact) mass is 244 g/mol. The first-order valence-corrected chi connectivity index (χ1v) is 6.96. The molecule has 0 bridgehead atoms. The fourth-order valence-electron chi connectivity index (χ4n) is 0.975. The lowest BCUT2D eigenvalue weighted by molar-refractivity contribution is 0.174. The van der Waals surface area contributed by atoms with Gasteiger partial charge in [0.25, 0.3) is 0 Å². The minimum Gasteiger partial charge on any atom is -0.366 e. The molecule has 86 valence electrons. The molecule has 4 nitrogen and oxygen atoms in total. The predicted octanol–water partition coefficient (Wildman–Crippen LogP) is 2.86. The number of ether oxygens (including phenoxy) is 1. The molecule has 0 unspecified atom stereocenters. The van der Waals surface area contributed by atoms with Gasteiger partial charge in [0.2, 0.25) is 0 Å². The molecule has 0 rings (SSSR count). The van der Waals surface area contributed by atoms with Crippen molar-refractivity contribution in [1.29, 1.82) is 0 Å². The molecule has 0 amide bonds. The minimum absolute atomic E-state index is 0.160. The zero-order chi connectivity index (χ0) is 10.9. The van der Waals surface area contributed by atoms with Crippen molar-refractivity contribution in [3.8, 4) is 0 Å². The van der Waals surface area contributed by atoms with Crippen LogP contribution in [0, 0.1) is 0 Å². The summed E-state index contributed by atoms with van der Waals surface area (Å²) in [5, 5.41) is 0. The maximum Gasteiger partial charge on any atom is 0.330 e. The standard InChI is InChI=1S/C8H18ClO4P/c1-3-12-14(10,13-4-2)7-5-6-11-8-9/h3-8H2,1-2H3. The fraction of sp³-hybridized carbons (Fsp3) is 1.00. The maximum absolute atomic E-state index is 11.8. The van der Waals surface area contributed by atoms with Gasteiger partial charge in [-0.1, -0.05) is 11.6 Å². The average Bonchev–Trinajstić information content (AvgIpc) is 2.13.